The summed E-state index contributed by atoms with van der Waals surface area (Å²) in [6, 6.07) is 12.2. The number of ketones is 1. The summed E-state index contributed by atoms with van der Waals surface area (Å²) in [5.41, 5.74) is 8.98. The number of piperazine rings is 1. The van der Waals surface area contributed by atoms with E-state index in [1.54, 1.807) is 41.3 Å². The largest absolute Gasteiger partial charge is 0.484 e. The van der Waals surface area contributed by atoms with Gasteiger partial charge in [-0.05, 0) is 49.6 Å². The fraction of sp³-hybridized carbons (Fsp3) is 0.333. The molecule has 1 saturated heterocycles. The van der Waals surface area contributed by atoms with Gasteiger partial charge in [0.25, 0.3) is 11.8 Å². The number of benzene rings is 2. The number of rotatable bonds is 8. The first-order chi connectivity index (χ1) is 17.9. The topological polar surface area (TPSA) is 132 Å². The first-order valence-electron chi connectivity index (χ1n) is 12.4. The number of aryl methyl sites for hydroxylation is 1. The molecule has 5 rings (SSSR count). The highest BCUT2D eigenvalue weighted by molar-refractivity contribution is 6.12. The molecule has 0 radical (unpaired) electrons. The molecule has 3 aromatic rings. The maximum Gasteiger partial charge on any atom is 0.260 e. The summed E-state index contributed by atoms with van der Waals surface area (Å²) in [4.78, 5) is 40.0. The molecule has 4 N–H and O–H groups in total. The maximum absolute atomic E-state index is 13.3. The first kappa shape index (κ1) is 24.5. The number of nitrogen functional groups attached to an aromatic ring is 1. The van der Waals surface area contributed by atoms with Gasteiger partial charge in [-0.15, -0.1) is 0 Å². The lowest BCUT2D eigenvalue weighted by Crippen LogP contribution is -2.47. The number of nitrogens with one attached hydrogen (secondary N) is 2. The third-order valence-corrected chi connectivity index (χ3v) is 6.59. The van der Waals surface area contributed by atoms with Crippen molar-refractivity contribution < 1.29 is 19.1 Å². The maximum atomic E-state index is 13.3. The van der Waals surface area contributed by atoms with E-state index in [0.717, 1.165) is 31.5 Å². The van der Waals surface area contributed by atoms with Crippen molar-refractivity contribution in [2.24, 2.45) is 0 Å². The standard InChI is InChI=1S/C27H30N6O4/c1-17-5-6-19(27(36)31-20-7-8-20)14-23(17)33-26(28)22(15-30-33)25(35)18-3-2-4-21(13-18)37-16-24(34)32-11-9-29-10-12-32/h2-6,13-15,20,29H,7-12,16,28H2,1H3,(H,31,36). The van der Waals surface area contributed by atoms with Crippen molar-refractivity contribution >= 4 is 23.4 Å². The second-order valence-corrected chi connectivity index (χ2v) is 9.38. The highest BCUT2D eigenvalue weighted by Gasteiger charge is 2.25. The number of amides is 2. The van der Waals surface area contributed by atoms with Crippen molar-refractivity contribution in [3.05, 3.63) is 70.9 Å². The Bertz CT molecular complexity index is 1340. The number of anilines is 1. The molecule has 0 atom stereocenters. The van der Waals surface area contributed by atoms with Gasteiger partial charge in [0.1, 0.15) is 11.6 Å². The number of nitrogens with zero attached hydrogens (tertiary/aromatic N) is 3. The molecule has 1 saturated carbocycles. The lowest BCUT2D eigenvalue weighted by molar-refractivity contribution is -0.133. The van der Waals surface area contributed by atoms with Gasteiger partial charge >= 0.3 is 0 Å². The highest BCUT2D eigenvalue weighted by Crippen LogP contribution is 2.25. The van der Waals surface area contributed by atoms with Gasteiger partial charge < -0.3 is 26.0 Å². The summed E-state index contributed by atoms with van der Waals surface area (Å²) < 4.78 is 7.16. The van der Waals surface area contributed by atoms with Gasteiger partial charge in [0, 0.05) is 43.3 Å². The second kappa shape index (κ2) is 10.4. The molecule has 2 heterocycles. The van der Waals surface area contributed by atoms with Crippen molar-refractivity contribution in [1.29, 1.82) is 0 Å². The molecule has 10 nitrogen and oxygen atoms in total. The molecule has 2 amide bonds. The highest BCUT2D eigenvalue weighted by atomic mass is 16.5. The molecular weight excluding hydrogens is 472 g/mol. The van der Waals surface area contributed by atoms with Crippen molar-refractivity contribution in [2.75, 3.05) is 38.5 Å². The van der Waals surface area contributed by atoms with E-state index < -0.39 is 0 Å². The van der Waals surface area contributed by atoms with E-state index in [2.05, 4.69) is 15.7 Å². The van der Waals surface area contributed by atoms with Gasteiger partial charge in [0.2, 0.25) is 0 Å². The fourth-order valence-corrected chi connectivity index (χ4v) is 4.23. The third kappa shape index (κ3) is 5.49. The molecule has 2 fully saturated rings. The van der Waals surface area contributed by atoms with Gasteiger partial charge in [0.15, 0.2) is 12.4 Å². The average Bonchev–Trinajstić information content (AvgIpc) is 3.66. The van der Waals surface area contributed by atoms with Gasteiger partial charge in [-0.25, -0.2) is 4.68 Å². The minimum Gasteiger partial charge on any atom is -0.484 e. The number of hydrogen-bond donors (Lipinski definition) is 3. The monoisotopic (exact) mass is 502 g/mol. The first-order valence-corrected chi connectivity index (χ1v) is 12.4. The van der Waals surface area contributed by atoms with E-state index in [0.29, 0.717) is 35.7 Å². The van der Waals surface area contributed by atoms with Crippen LogP contribution in [0.5, 0.6) is 5.75 Å². The van der Waals surface area contributed by atoms with Crippen LogP contribution in [0.1, 0.15) is 44.7 Å². The quantitative estimate of drug-likeness (QED) is 0.400. The predicted molar refractivity (Wildman–Crippen MR) is 138 cm³/mol. The van der Waals surface area contributed by atoms with Crippen LogP contribution in [0.15, 0.2) is 48.7 Å². The van der Waals surface area contributed by atoms with E-state index in [9.17, 15) is 14.4 Å². The van der Waals surface area contributed by atoms with E-state index in [-0.39, 0.29) is 41.6 Å². The van der Waals surface area contributed by atoms with Gasteiger partial charge in [-0.1, -0.05) is 18.2 Å². The van der Waals surface area contributed by atoms with Crippen LogP contribution in [0.25, 0.3) is 5.69 Å². The van der Waals surface area contributed by atoms with Crippen LogP contribution in [0, 0.1) is 6.92 Å². The molecule has 1 aromatic heterocycles. The smallest absolute Gasteiger partial charge is 0.260 e. The average molecular weight is 503 g/mol. The summed E-state index contributed by atoms with van der Waals surface area (Å²) in [7, 11) is 0. The van der Waals surface area contributed by atoms with Crippen molar-refractivity contribution in [2.45, 2.75) is 25.8 Å². The summed E-state index contributed by atoms with van der Waals surface area (Å²) in [6.07, 6.45) is 3.43. The zero-order valence-corrected chi connectivity index (χ0v) is 20.7. The number of carbonyl (C=O) groups is 3. The third-order valence-electron chi connectivity index (χ3n) is 6.59. The number of hydrogen-bond acceptors (Lipinski definition) is 7. The summed E-state index contributed by atoms with van der Waals surface area (Å²) >= 11 is 0. The lowest BCUT2D eigenvalue weighted by atomic mass is 10.1. The minimum atomic E-state index is -0.317. The molecular formula is C27H30N6O4. The number of ether oxygens (including phenoxy) is 1. The molecule has 192 valence electrons. The Morgan fingerprint density at radius 1 is 1.11 bits per heavy atom. The molecule has 2 aromatic carbocycles. The molecule has 0 spiro atoms. The summed E-state index contributed by atoms with van der Waals surface area (Å²) in [6.45, 7) is 4.63. The normalized spacial score (nSPS) is 15.3. The Morgan fingerprint density at radius 2 is 1.89 bits per heavy atom. The van der Waals surface area contributed by atoms with E-state index in [1.165, 1.54) is 10.9 Å². The van der Waals surface area contributed by atoms with Crippen LogP contribution in [-0.4, -0.2) is 71.1 Å². The molecule has 1 aliphatic carbocycles. The minimum absolute atomic E-state index is 0.0906. The number of carbonyl (C=O) groups excluding carboxylic acids is 3. The molecule has 1 aliphatic heterocycles. The Kier molecular flexibility index (Phi) is 6.91. The fourth-order valence-electron chi connectivity index (χ4n) is 4.23. The number of nitrogens with two attached hydrogens (primary N) is 1. The zero-order valence-electron chi connectivity index (χ0n) is 20.7. The lowest BCUT2D eigenvalue weighted by Gasteiger charge is -2.27. The van der Waals surface area contributed by atoms with E-state index in [4.69, 9.17) is 10.5 Å². The van der Waals surface area contributed by atoms with E-state index in [1.807, 2.05) is 13.0 Å². The van der Waals surface area contributed by atoms with Crippen molar-refractivity contribution in [3.63, 3.8) is 0 Å². The van der Waals surface area contributed by atoms with Crippen molar-refractivity contribution in [1.82, 2.24) is 25.3 Å². The van der Waals surface area contributed by atoms with Crippen LogP contribution in [0.3, 0.4) is 0 Å². The van der Waals surface area contributed by atoms with Crippen LogP contribution < -0.4 is 21.1 Å². The summed E-state index contributed by atoms with van der Waals surface area (Å²) in [5, 5.41) is 10.5. The SMILES string of the molecule is Cc1ccc(C(=O)NC2CC2)cc1-n1ncc(C(=O)c2cccc(OCC(=O)N3CCNCC3)c2)c1N. The van der Waals surface area contributed by atoms with Crippen LogP contribution in [0.4, 0.5) is 5.82 Å². The molecule has 0 bridgehead atoms. The van der Waals surface area contributed by atoms with Crippen molar-refractivity contribution in [3.8, 4) is 11.4 Å². The Hall–Kier alpha value is -4.18. The molecule has 2 aliphatic rings. The van der Waals surface area contributed by atoms with Crippen LogP contribution in [0.2, 0.25) is 0 Å². The predicted octanol–water partition coefficient (Wildman–Crippen LogP) is 1.70. The van der Waals surface area contributed by atoms with Gasteiger partial charge in [-0.3, -0.25) is 14.4 Å². The molecule has 10 heteroatoms. The zero-order chi connectivity index (χ0) is 25.9. The van der Waals surface area contributed by atoms with Crippen LogP contribution >= 0.6 is 0 Å². The Labute approximate surface area is 214 Å². The van der Waals surface area contributed by atoms with Gasteiger partial charge in [0.05, 0.1) is 17.4 Å². The Morgan fingerprint density at radius 3 is 2.65 bits per heavy atom. The Balaban J connectivity index is 1.31. The van der Waals surface area contributed by atoms with Gasteiger partial charge in [-0.2, -0.15) is 5.10 Å². The molecule has 37 heavy (non-hydrogen) atoms. The second-order valence-electron chi connectivity index (χ2n) is 9.38. The summed E-state index contributed by atoms with van der Waals surface area (Å²) in [5.74, 6) is 0.0479. The van der Waals surface area contributed by atoms with Crippen LogP contribution in [-0.2, 0) is 4.79 Å². The number of aromatic nitrogens is 2. The van der Waals surface area contributed by atoms with E-state index >= 15 is 0 Å². The molecule has 0 unspecified atom stereocenters.